The van der Waals surface area contributed by atoms with Crippen molar-refractivity contribution in [2.75, 3.05) is 11.1 Å². The SMILES string of the molecule is CC(C)c1nnc(NC(=O)CSc2nnc(Cc3cccs3)n2C2CCCCC2)o1. The maximum absolute atomic E-state index is 12.4. The fourth-order valence-electron chi connectivity index (χ4n) is 3.61. The molecule has 0 saturated heterocycles. The minimum Gasteiger partial charge on any atom is -0.408 e. The van der Waals surface area contributed by atoms with E-state index in [-0.39, 0.29) is 23.6 Å². The minimum absolute atomic E-state index is 0.119. The predicted molar refractivity (Wildman–Crippen MR) is 117 cm³/mol. The molecule has 1 saturated carbocycles. The minimum atomic E-state index is -0.197. The summed E-state index contributed by atoms with van der Waals surface area (Å²) in [6.07, 6.45) is 6.77. The van der Waals surface area contributed by atoms with E-state index in [1.165, 1.54) is 35.9 Å². The monoisotopic (exact) mass is 446 g/mol. The van der Waals surface area contributed by atoms with Crippen molar-refractivity contribution in [3.63, 3.8) is 0 Å². The zero-order valence-electron chi connectivity index (χ0n) is 17.2. The molecule has 0 spiro atoms. The van der Waals surface area contributed by atoms with Crippen LogP contribution in [0.3, 0.4) is 0 Å². The van der Waals surface area contributed by atoms with Crippen LogP contribution in [0.2, 0.25) is 0 Å². The second-order valence-electron chi connectivity index (χ2n) is 7.75. The van der Waals surface area contributed by atoms with Gasteiger partial charge in [-0.2, -0.15) is 0 Å². The highest BCUT2D eigenvalue weighted by atomic mass is 32.2. The molecule has 0 aliphatic heterocycles. The molecule has 0 radical (unpaired) electrons. The lowest BCUT2D eigenvalue weighted by Gasteiger charge is -2.25. The van der Waals surface area contributed by atoms with Crippen molar-refractivity contribution in [1.82, 2.24) is 25.0 Å². The molecule has 3 aromatic heterocycles. The van der Waals surface area contributed by atoms with Gasteiger partial charge in [-0.15, -0.1) is 26.6 Å². The van der Waals surface area contributed by atoms with E-state index in [0.717, 1.165) is 30.2 Å². The quantitative estimate of drug-likeness (QED) is 0.502. The Hall–Kier alpha value is -2.20. The van der Waals surface area contributed by atoms with E-state index < -0.39 is 0 Å². The number of nitrogens with one attached hydrogen (secondary N) is 1. The predicted octanol–water partition coefficient (Wildman–Crippen LogP) is 4.67. The van der Waals surface area contributed by atoms with Gasteiger partial charge >= 0.3 is 6.01 Å². The topological polar surface area (TPSA) is 98.7 Å². The van der Waals surface area contributed by atoms with Gasteiger partial charge in [0.2, 0.25) is 11.8 Å². The molecule has 160 valence electrons. The molecule has 0 unspecified atom stereocenters. The molecule has 1 amide bonds. The fourth-order valence-corrected chi connectivity index (χ4v) is 5.13. The molecule has 1 aliphatic rings. The Morgan fingerprint density at radius 3 is 2.80 bits per heavy atom. The summed E-state index contributed by atoms with van der Waals surface area (Å²) in [6, 6.07) is 4.72. The van der Waals surface area contributed by atoms with Gasteiger partial charge in [-0.1, -0.05) is 56.0 Å². The highest BCUT2D eigenvalue weighted by molar-refractivity contribution is 7.99. The number of rotatable bonds is 8. The summed E-state index contributed by atoms with van der Waals surface area (Å²) in [5.74, 6) is 1.62. The molecule has 30 heavy (non-hydrogen) atoms. The highest BCUT2D eigenvalue weighted by Crippen LogP contribution is 2.33. The first-order valence-electron chi connectivity index (χ1n) is 10.3. The second kappa shape index (κ2) is 9.74. The summed E-state index contributed by atoms with van der Waals surface area (Å²) in [6.45, 7) is 3.92. The summed E-state index contributed by atoms with van der Waals surface area (Å²) >= 11 is 3.14. The number of carbonyl (C=O) groups is 1. The highest BCUT2D eigenvalue weighted by Gasteiger charge is 2.24. The molecule has 8 nitrogen and oxygen atoms in total. The van der Waals surface area contributed by atoms with Crippen LogP contribution in [-0.2, 0) is 11.2 Å². The third kappa shape index (κ3) is 5.10. The average Bonchev–Trinajstić information content (AvgIpc) is 3.49. The number of thiophene rings is 1. The van der Waals surface area contributed by atoms with Gasteiger partial charge in [0.25, 0.3) is 0 Å². The van der Waals surface area contributed by atoms with Crippen molar-refractivity contribution in [2.24, 2.45) is 0 Å². The van der Waals surface area contributed by atoms with E-state index in [4.69, 9.17) is 4.42 Å². The normalized spacial score (nSPS) is 15.0. The van der Waals surface area contributed by atoms with Crippen LogP contribution in [-0.4, -0.2) is 36.6 Å². The smallest absolute Gasteiger partial charge is 0.322 e. The standard InChI is InChI=1S/C20H26N6O2S2/c1-13(2)18-23-24-19(28-18)21-17(27)12-30-20-25-22-16(11-15-9-6-10-29-15)26(20)14-7-4-3-5-8-14/h6,9-10,13-14H,3-5,7-8,11-12H2,1-2H3,(H,21,24,27). The maximum Gasteiger partial charge on any atom is 0.322 e. The van der Waals surface area contributed by atoms with Crippen molar-refractivity contribution in [3.05, 3.63) is 34.1 Å². The van der Waals surface area contributed by atoms with E-state index in [2.05, 4.69) is 47.8 Å². The average molecular weight is 447 g/mol. The molecule has 4 rings (SSSR count). The molecule has 1 fully saturated rings. The summed E-state index contributed by atoms with van der Waals surface area (Å²) in [7, 11) is 0. The first-order valence-corrected chi connectivity index (χ1v) is 12.2. The molecule has 0 bridgehead atoms. The van der Waals surface area contributed by atoms with Gasteiger partial charge in [-0.25, -0.2) is 0 Å². The third-order valence-corrected chi connectivity index (χ3v) is 6.92. The Balaban J connectivity index is 1.44. The van der Waals surface area contributed by atoms with Gasteiger partial charge in [-0.05, 0) is 24.3 Å². The first kappa shape index (κ1) is 21.0. The molecule has 3 aromatic rings. The van der Waals surface area contributed by atoms with Crippen LogP contribution in [0.5, 0.6) is 0 Å². The van der Waals surface area contributed by atoms with E-state index in [9.17, 15) is 4.79 Å². The lowest BCUT2D eigenvalue weighted by molar-refractivity contribution is -0.113. The zero-order chi connectivity index (χ0) is 20.9. The largest absolute Gasteiger partial charge is 0.408 e. The van der Waals surface area contributed by atoms with E-state index in [0.29, 0.717) is 11.9 Å². The Bertz CT molecular complexity index is 960. The molecule has 0 aromatic carbocycles. The number of anilines is 1. The molecule has 10 heteroatoms. The van der Waals surface area contributed by atoms with Gasteiger partial charge in [0.05, 0.1) is 5.75 Å². The van der Waals surface area contributed by atoms with Gasteiger partial charge in [0, 0.05) is 23.3 Å². The van der Waals surface area contributed by atoms with Crippen LogP contribution >= 0.6 is 23.1 Å². The van der Waals surface area contributed by atoms with Gasteiger partial charge in [0.15, 0.2) is 5.16 Å². The molecular formula is C20H26N6O2S2. The number of thioether (sulfide) groups is 1. The molecule has 1 aliphatic carbocycles. The number of nitrogens with zero attached hydrogens (tertiary/aromatic N) is 5. The summed E-state index contributed by atoms with van der Waals surface area (Å²) in [5, 5.41) is 22.3. The van der Waals surface area contributed by atoms with Crippen LogP contribution < -0.4 is 5.32 Å². The van der Waals surface area contributed by atoms with E-state index in [1.54, 1.807) is 11.3 Å². The second-order valence-corrected chi connectivity index (χ2v) is 9.73. The Labute approximate surface area is 183 Å². The molecular weight excluding hydrogens is 420 g/mol. The summed E-state index contributed by atoms with van der Waals surface area (Å²) in [5.41, 5.74) is 0. The van der Waals surface area contributed by atoms with Gasteiger partial charge in [-0.3, -0.25) is 10.1 Å². The van der Waals surface area contributed by atoms with Crippen LogP contribution in [0.4, 0.5) is 6.01 Å². The van der Waals surface area contributed by atoms with Crippen molar-refractivity contribution in [3.8, 4) is 0 Å². The van der Waals surface area contributed by atoms with Crippen molar-refractivity contribution >= 4 is 35.0 Å². The number of hydrogen-bond acceptors (Lipinski definition) is 8. The number of aromatic nitrogens is 5. The number of hydrogen-bond donors (Lipinski definition) is 1. The van der Waals surface area contributed by atoms with E-state index >= 15 is 0 Å². The summed E-state index contributed by atoms with van der Waals surface area (Å²) in [4.78, 5) is 13.7. The number of carbonyl (C=O) groups excluding carboxylic acids is 1. The number of amides is 1. The van der Waals surface area contributed by atoms with Gasteiger partial charge < -0.3 is 8.98 Å². The lowest BCUT2D eigenvalue weighted by atomic mass is 9.95. The van der Waals surface area contributed by atoms with Gasteiger partial charge in [0.1, 0.15) is 5.82 Å². The molecule has 1 N–H and O–H groups in total. The maximum atomic E-state index is 12.4. The first-order chi connectivity index (χ1) is 14.6. The van der Waals surface area contributed by atoms with Crippen molar-refractivity contribution in [2.45, 2.75) is 69.5 Å². The molecule has 3 heterocycles. The lowest BCUT2D eigenvalue weighted by Crippen LogP contribution is -2.18. The van der Waals surface area contributed by atoms with Crippen LogP contribution in [0.15, 0.2) is 27.1 Å². The third-order valence-electron chi connectivity index (χ3n) is 5.10. The van der Waals surface area contributed by atoms with Crippen molar-refractivity contribution in [1.29, 1.82) is 0 Å². The fraction of sp³-hybridized carbons (Fsp3) is 0.550. The van der Waals surface area contributed by atoms with Crippen LogP contribution in [0.25, 0.3) is 0 Å². The Morgan fingerprint density at radius 1 is 1.27 bits per heavy atom. The van der Waals surface area contributed by atoms with Crippen LogP contribution in [0.1, 0.15) is 74.5 Å². The Kier molecular flexibility index (Phi) is 6.83. The zero-order valence-corrected chi connectivity index (χ0v) is 18.8. The summed E-state index contributed by atoms with van der Waals surface area (Å²) < 4.78 is 7.72. The van der Waals surface area contributed by atoms with Crippen molar-refractivity contribution < 1.29 is 9.21 Å². The molecule has 0 atom stereocenters. The Morgan fingerprint density at radius 2 is 2.10 bits per heavy atom. The van der Waals surface area contributed by atoms with Crippen LogP contribution in [0, 0.1) is 0 Å². The van der Waals surface area contributed by atoms with E-state index in [1.807, 2.05) is 13.8 Å².